The predicted molar refractivity (Wildman–Crippen MR) is 108 cm³/mol. The number of amides is 1. The first-order chi connectivity index (χ1) is 13.5. The maximum absolute atomic E-state index is 12.4. The number of nitrogens with one attached hydrogen (secondary N) is 1. The van der Waals surface area contributed by atoms with Crippen LogP contribution in [0.4, 0.5) is 0 Å². The van der Waals surface area contributed by atoms with Gasteiger partial charge in [-0.2, -0.15) is 0 Å². The third-order valence-corrected chi connectivity index (χ3v) is 4.43. The molecule has 2 aromatic rings. The van der Waals surface area contributed by atoms with Crippen molar-refractivity contribution < 1.29 is 19.0 Å². The van der Waals surface area contributed by atoms with Crippen LogP contribution in [0.15, 0.2) is 55.1 Å². The molecule has 0 saturated heterocycles. The summed E-state index contributed by atoms with van der Waals surface area (Å²) in [4.78, 5) is 14.4. The molecule has 0 bridgehead atoms. The van der Waals surface area contributed by atoms with Gasteiger partial charge in [0.15, 0.2) is 11.5 Å². The smallest absolute Gasteiger partial charge is 0.234 e. The zero-order chi connectivity index (χ0) is 19.9. The molecule has 0 aromatic heterocycles. The first-order valence-corrected chi connectivity index (χ1v) is 9.25. The van der Waals surface area contributed by atoms with Crippen molar-refractivity contribution in [3.8, 4) is 17.2 Å². The van der Waals surface area contributed by atoms with Crippen LogP contribution in [0.1, 0.15) is 24.1 Å². The fraction of sp³-hybridized carbons (Fsp3) is 0.318. The molecule has 2 aromatic carbocycles. The van der Waals surface area contributed by atoms with E-state index in [2.05, 4.69) is 11.9 Å². The van der Waals surface area contributed by atoms with Gasteiger partial charge in [0.1, 0.15) is 12.4 Å². The average Bonchev–Trinajstić information content (AvgIpc) is 3.15. The molecule has 3 rings (SSSR count). The van der Waals surface area contributed by atoms with Gasteiger partial charge in [-0.25, -0.2) is 0 Å². The summed E-state index contributed by atoms with van der Waals surface area (Å²) in [6, 6.07) is 13.5. The first kappa shape index (κ1) is 19.8. The standard InChI is InChI=1S/C22H26N2O4/c1-4-11-26-19-8-5-17(6-9-19)13-24(3)14-22(25)23-16(2)18-7-10-20-21(12-18)28-15-27-20/h4-10,12,16H,1,11,13-15H2,2-3H3,(H,23,25)/t16-/m0/s1. The Bertz CT molecular complexity index is 820. The molecule has 1 heterocycles. The van der Waals surface area contributed by atoms with Gasteiger partial charge in [-0.3, -0.25) is 9.69 Å². The Morgan fingerprint density at radius 1 is 1.25 bits per heavy atom. The average molecular weight is 382 g/mol. The summed E-state index contributed by atoms with van der Waals surface area (Å²) in [5, 5.41) is 3.03. The number of hydrogen-bond acceptors (Lipinski definition) is 5. The lowest BCUT2D eigenvalue weighted by molar-refractivity contribution is -0.122. The Morgan fingerprint density at radius 2 is 2.00 bits per heavy atom. The zero-order valence-corrected chi connectivity index (χ0v) is 16.3. The fourth-order valence-corrected chi connectivity index (χ4v) is 3.01. The van der Waals surface area contributed by atoms with Crippen LogP contribution in [0, 0.1) is 0 Å². The normalized spacial score (nSPS) is 13.2. The SMILES string of the molecule is C=CCOc1ccc(CN(C)CC(=O)N[C@@H](C)c2ccc3c(c2)OCO3)cc1. The largest absolute Gasteiger partial charge is 0.490 e. The third-order valence-electron chi connectivity index (χ3n) is 4.43. The highest BCUT2D eigenvalue weighted by atomic mass is 16.7. The van der Waals surface area contributed by atoms with E-state index in [9.17, 15) is 4.79 Å². The van der Waals surface area contributed by atoms with Gasteiger partial charge >= 0.3 is 0 Å². The van der Waals surface area contributed by atoms with Gasteiger partial charge in [0.05, 0.1) is 12.6 Å². The fourth-order valence-electron chi connectivity index (χ4n) is 3.01. The highest BCUT2D eigenvalue weighted by molar-refractivity contribution is 5.78. The molecule has 6 nitrogen and oxygen atoms in total. The lowest BCUT2D eigenvalue weighted by Gasteiger charge is -2.19. The molecule has 0 unspecified atom stereocenters. The van der Waals surface area contributed by atoms with Gasteiger partial charge in [0.25, 0.3) is 0 Å². The second-order valence-corrected chi connectivity index (χ2v) is 6.82. The van der Waals surface area contributed by atoms with Crippen molar-refractivity contribution in [2.75, 3.05) is 27.0 Å². The molecule has 0 radical (unpaired) electrons. The van der Waals surface area contributed by atoms with Gasteiger partial charge in [-0.1, -0.05) is 30.9 Å². The number of carbonyl (C=O) groups is 1. The molecule has 28 heavy (non-hydrogen) atoms. The number of likely N-dealkylation sites (N-methyl/N-ethyl adjacent to an activating group) is 1. The maximum atomic E-state index is 12.4. The van der Waals surface area contributed by atoms with Crippen LogP contribution >= 0.6 is 0 Å². The number of benzene rings is 2. The van der Waals surface area contributed by atoms with Gasteiger partial charge in [0.2, 0.25) is 12.7 Å². The summed E-state index contributed by atoms with van der Waals surface area (Å²) in [7, 11) is 1.92. The Hall–Kier alpha value is -2.99. The predicted octanol–water partition coefficient (Wildman–Crippen LogP) is 3.29. The number of hydrogen-bond donors (Lipinski definition) is 1. The zero-order valence-electron chi connectivity index (χ0n) is 16.3. The van der Waals surface area contributed by atoms with Crippen LogP contribution in [0.2, 0.25) is 0 Å². The van der Waals surface area contributed by atoms with Gasteiger partial charge in [-0.05, 0) is 49.4 Å². The Morgan fingerprint density at radius 3 is 2.75 bits per heavy atom. The quantitative estimate of drug-likeness (QED) is 0.675. The first-order valence-electron chi connectivity index (χ1n) is 9.25. The lowest BCUT2D eigenvalue weighted by atomic mass is 10.1. The van der Waals surface area contributed by atoms with Crippen molar-refractivity contribution in [1.82, 2.24) is 10.2 Å². The van der Waals surface area contributed by atoms with E-state index in [0.717, 1.165) is 28.4 Å². The molecule has 1 N–H and O–H groups in total. The van der Waals surface area contributed by atoms with E-state index in [4.69, 9.17) is 14.2 Å². The van der Waals surface area contributed by atoms with E-state index in [1.165, 1.54) is 0 Å². The molecule has 1 aliphatic rings. The summed E-state index contributed by atoms with van der Waals surface area (Å²) in [5.74, 6) is 2.24. The number of rotatable bonds is 9. The molecule has 0 saturated carbocycles. The van der Waals surface area contributed by atoms with Crippen molar-refractivity contribution in [3.05, 3.63) is 66.2 Å². The highest BCUT2D eigenvalue weighted by Gasteiger charge is 2.17. The summed E-state index contributed by atoms with van der Waals surface area (Å²) < 4.78 is 16.2. The maximum Gasteiger partial charge on any atom is 0.234 e. The van der Waals surface area contributed by atoms with Gasteiger partial charge in [-0.15, -0.1) is 0 Å². The van der Waals surface area contributed by atoms with E-state index in [0.29, 0.717) is 19.7 Å². The Labute approximate surface area is 165 Å². The second-order valence-electron chi connectivity index (χ2n) is 6.82. The van der Waals surface area contributed by atoms with Crippen molar-refractivity contribution in [2.24, 2.45) is 0 Å². The van der Waals surface area contributed by atoms with Crippen LogP contribution < -0.4 is 19.5 Å². The molecule has 148 valence electrons. The second kappa shape index (κ2) is 9.28. The minimum Gasteiger partial charge on any atom is -0.490 e. The molecule has 1 atom stereocenters. The molecule has 1 aliphatic heterocycles. The van der Waals surface area contributed by atoms with Crippen molar-refractivity contribution in [1.29, 1.82) is 0 Å². The van der Waals surface area contributed by atoms with Crippen LogP contribution in [-0.2, 0) is 11.3 Å². The van der Waals surface area contributed by atoms with Crippen molar-refractivity contribution >= 4 is 5.91 Å². The van der Waals surface area contributed by atoms with Gasteiger partial charge in [0, 0.05) is 6.54 Å². The van der Waals surface area contributed by atoms with E-state index in [-0.39, 0.29) is 18.7 Å². The van der Waals surface area contributed by atoms with E-state index >= 15 is 0 Å². The number of ether oxygens (including phenoxy) is 3. The number of fused-ring (bicyclic) bond motifs is 1. The molecule has 1 amide bonds. The van der Waals surface area contributed by atoms with Gasteiger partial charge < -0.3 is 19.5 Å². The summed E-state index contributed by atoms with van der Waals surface area (Å²) >= 11 is 0. The molecule has 0 spiro atoms. The van der Waals surface area contributed by atoms with E-state index in [1.807, 2.05) is 61.3 Å². The molecule has 6 heteroatoms. The van der Waals surface area contributed by atoms with Crippen LogP contribution in [0.3, 0.4) is 0 Å². The molecular weight excluding hydrogens is 356 g/mol. The third kappa shape index (κ3) is 5.27. The summed E-state index contributed by atoms with van der Waals surface area (Å²) in [5.41, 5.74) is 2.10. The molecule has 0 aliphatic carbocycles. The summed E-state index contributed by atoms with van der Waals surface area (Å²) in [6.45, 7) is 7.30. The molecular formula is C22H26N2O4. The number of nitrogens with zero attached hydrogens (tertiary/aromatic N) is 1. The van der Waals surface area contributed by atoms with Crippen molar-refractivity contribution in [2.45, 2.75) is 19.5 Å². The highest BCUT2D eigenvalue weighted by Crippen LogP contribution is 2.34. The van der Waals surface area contributed by atoms with Crippen molar-refractivity contribution in [3.63, 3.8) is 0 Å². The summed E-state index contributed by atoms with van der Waals surface area (Å²) in [6.07, 6.45) is 1.71. The van der Waals surface area contributed by atoms with E-state index in [1.54, 1.807) is 6.08 Å². The minimum atomic E-state index is -0.114. The Balaban J connectivity index is 1.47. The minimum absolute atomic E-state index is 0.0291. The topological polar surface area (TPSA) is 60.0 Å². The Kier molecular flexibility index (Phi) is 6.55. The molecule has 0 fully saturated rings. The van der Waals surface area contributed by atoms with E-state index < -0.39 is 0 Å². The lowest BCUT2D eigenvalue weighted by Crippen LogP contribution is -2.36. The monoisotopic (exact) mass is 382 g/mol. The number of carbonyl (C=O) groups excluding carboxylic acids is 1. The van der Waals surface area contributed by atoms with Crippen LogP contribution in [0.25, 0.3) is 0 Å². The van der Waals surface area contributed by atoms with Crippen LogP contribution in [0.5, 0.6) is 17.2 Å². The van der Waals surface area contributed by atoms with Crippen LogP contribution in [-0.4, -0.2) is 37.8 Å².